The van der Waals surface area contributed by atoms with Crippen LogP contribution in [0.2, 0.25) is 0 Å². The zero-order valence-electron chi connectivity index (χ0n) is 17.0. The topological polar surface area (TPSA) is 42.3 Å². The molecule has 1 aromatic heterocycles. The average molecular weight is 425 g/mol. The van der Waals surface area contributed by atoms with Crippen LogP contribution in [0.25, 0.3) is 22.5 Å². The monoisotopic (exact) mass is 424 g/mol. The Morgan fingerprint density at radius 1 is 0.871 bits per heavy atom. The zero-order valence-corrected chi connectivity index (χ0v) is 17.8. The van der Waals surface area contributed by atoms with Gasteiger partial charge in [-0.1, -0.05) is 60.2 Å². The van der Waals surface area contributed by atoms with Crippen molar-refractivity contribution in [1.29, 1.82) is 0 Å². The summed E-state index contributed by atoms with van der Waals surface area (Å²) in [4.78, 5) is 27.2. The summed E-state index contributed by atoms with van der Waals surface area (Å²) in [5.41, 5.74) is 3.95. The number of fused-ring (bicyclic) bond motifs is 1. The third-order valence-corrected chi connectivity index (χ3v) is 6.31. The number of carbonyl (C=O) groups is 2. The van der Waals surface area contributed by atoms with Crippen LogP contribution in [0.15, 0.2) is 90.0 Å². The van der Waals surface area contributed by atoms with Gasteiger partial charge >= 0.3 is 0 Å². The molecule has 1 aliphatic heterocycles. The summed E-state index contributed by atoms with van der Waals surface area (Å²) in [7, 11) is 0. The minimum atomic E-state index is -0.248. The molecule has 2 amide bonds. The van der Waals surface area contributed by atoms with Gasteiger partial charge in [0.2, 0.25) is 0 Å². The number of hydrogen-bond acceptors (Lipinski definition) is 3. The van der Waals surface area contributed by atoms with E-state index in [1.807, 2.05) is 66.2 Å². The van der Waals surface area contributed by atoms with Crippen molar-refractivity contribution in [2.75, 3.05) is 0 Å². The lowest BCUT2D eigenvalue weighted by atomic mass is 10.1. The zero-order chi connectivity index (χ0) is 21.4. The molecule has 1 aliphatic rings. The van der Waals surface area contributed by atoms with E-state index >= 15 is 0 Å². The molecule has 31 heavy (non-hydrogen) atoms. The van der Waals surface area contributed by atoms with E-state index in [0.29, 0.717) is 4.91 Å². The van der Waals surface area contributed by atoms with Crippen molar-refractivity contribution in [3.05, 3.63) is 107 Å². The van der Waals surface area contributed by atoms with Gasteiger partial charge in [-0.05, 0) is 65.4 Å². The van der Waals surface area contributed by atoms with Crippen molar-refractivity contribution >= 4 is 39.8 Å². The largest absolute Gasteiger partial charge is 0.317 e. The van der Waals surface area contributed by atoms with E-state index in [1.165, 1.54) is 10.3 Å². The Morgan fingerprint density at radius 2 is 1.65 bits per heavy atom. The highest BCUT2D eigenvalue weighted by Crippen LogP contribution is 2.34. The molecule has 0 radical (unpaired) electrons. The van der Waals surface area contributed by atoms with Gasteiger partial charge in [0.15, 0.2) is 0 Å². The maximum atomic E-state index is 12.9. The number of aromatic nitrogens is 1. The Morgan fingerprint density at radius 3 is 2.45 bits per heavy atom. The van der Waals surface area contributed by atoms with Crippen LogP contribution in [-0.2, 0) is 11.3 Å². The number of carbonyl (C=O) groups excluding carboxylic acids is 2. The minimum absolute atomic E-state index is 0.236. The normalized spacial score (nSPS) is 15.4. The second kappa shape index (κ2) is 7.93. The quantitative estimate of drug-likeness (QED) is 0.368. The fraction of sp³-hybridized carbons (Fsp3) is 0.0769. The SMILES string of the molecule is Cc1ccc(CN2C(=O)S/C(=C\c3cccn3-c3ccc4ccccc4c3)C2=O)cc1. The lowest BCUT2D eigenvalue weighted by Crippen LogP contribution is -2.27. The van der Waals surface area contributed by atoms with Gasteiger partial charge in [-0.15, -0.1) is 0 Å². The van der Waals surface area contributed by atoms with Crippen LogP contribution in [0, 0.1) is 6.92 Å². The molecule has 4 nitrogen and oxygen atoms in total. The fourth-order valence-corrected chi connectivity index (χ4v) is 4.54. The summed E-state index contributed by atoms with van der Waals surface area (Å²) in [5.74, 6) is -0.248. The predicted octanol–water partition coefficient (Wildman–Crippen LogP) is 6.18. The van der Waals surface area contributed by atoms with E-state index in [-0.39, 0.29) is 17.7 Å². The second-order valence-electron chi connectivity index (χ2n) is 7.59. The van der Waals surface area contributed by atoms with E-state index in [1.54, 1.807) is 6.08 Å². The number of imide groups is 1. The van der Waals surface area contributed by atoms with E-state index < -0.39 is 0 Å². The molecule has 0 aliphatic carbocycles. The highest BCUT2D eigenvalue weighted by Gasteiger charge is 2.35. The van der Waals surface area contributed by atoms with E-state index in [2.05, 4.69) is 30.3 Å². The Hall–Kier alpha value is -3.57. The maximum Gasteiger partial charge on any atom is 0.293 e. The summed E-state index contributed by atoms with van der Waals surface area (Å²) in [6, 6.07) is 26.2. The molecule has 5 heteroatoms. The molecule has 2 heterocycles. The molecule has 5 rings (SSSR count). The van der Waals surface area contributed by atoms with Crippen molar-refractivity contribution in [3.8, 4) is 5.69 Å². The first-order valence-corrected chi connectivity index (χ1v) is 10.9. The Labute approximate surface area is 184 Å². The van der Waals surface area contributed by atoms with Crippen molar-refractivity contribution < 1.29 is 9.59 Å². The molecule has 1 fully saturated rings. The first-order chi connectivity index (χ1) is 15.1. The number of thioether (sulfide) groups is 1. The lowest BCUT2D eigenvalue weighted by Gasteiger charge is -2.12. The van der Waals surface area contributed by atoms with Crippen LogP contribution < -0.4 is 0 Å². The number of hydrogen-bond donors (Lipinski definition) is 0. The van der Waals surface area contributed by atoms with Gasteiger partial charge in [0.25, 0.3) is 11.1 Å². The van der Waals surface area contributed by atoms with Crippen molar-refractivity contribution in [2.45, 2.75) is 13.5 Å². The summed E-state index contributed by atoms with van der Waals surface area (Å²) in [5, 5.41) is 2.09. The second-order valence-corrected chi connectivity index (χ2v) is 8.58. The van der Waals surface area contributed by atoms with Crippen LogP contribution in [0.3, 0.4) is 0 Å². The molecule has 0 unspecified atom stereocenters. The number of rotatable bonds is 4. The molecule has 1 saturated heterocycles. The summed E-state index contributed by atoms with van der Waals surface area (Å²) in [6.07, 6.45) is 3.77. The fourth-order valence-electron chi connectivity index (χ4n) is 3.72. The number of nitrogens with zero attached hydrogens (tertiary/aromatic N) is 2. The standard InChI is InChI=1S/C26H20N2O2S/c1-18-8-10-19(11-9-18)17-28-25(29)24(31-26(28)30)16-22-7-4-14-27(22)23-13-12-20-5-2-3-6-21(20)15-23/h2-16H,17H2,1H3/b24-16-. The van der Waals surface area contributed by atoms with Crippen LogP contribution in [0.1, 0.15) is 16.8 Å². The molecular weight excluding hydrogens is 404 g/mol. The van der Waals surface area contributed by atoms with Crippen LogP contribution in [0.5, 0.6) is 0 Å². The van der Waals surface area contributed by atoms with Gasteiger partial charge in [-0.3, -0.25) is 14.5 Å². The van der Waals surface area contributed by atoms with Gasteiger partial charge in [0.1, 0.15) is 0 Å². The maximum absolute atomic E-state index is 12.9. The number of aryl methyl sites for hydroxylation is 1. The van der Waals surface area contributed by atoms with Crippen LogP contribution in [0.4, 0.5) is 4.79 Å². The van der Waals surface area contributed by atoms with Gasteiger partial charge in [0.05, 0.1) is 11.4 Å². The average Bonchev–Trinajstić information content (AvgIpc) is 3.35. The summed E-state index contributed by atoms with van der Waals surface area (Å²) >= 11 is 0.994. The van der Waals surface area contributed by atoms with E-state index in [0.717, 1.165) is 39.7 Å². The number of benzene rings is 3. The smallest absolute Gasteiger partial charge is 0.293 e. The summed E-state index contributed by atoms with van der Waals surface area (Å²) < 4.78 is 2.03. The third kappa shape index (κ3) is 3.80. The van der Waals surface area contributed by atoms with Crippen LogP contribution >= 0.6 is 11.8 Å². The van der Waals surface area contributed by atoms with Gasteiger partial charge in [-0.25, -0.2) is 0 Å². The Bertz CT molecular complexity index is 1340. The van der Waals surface area contributed by atoms with Gasteiger partial charge in [0, 0.05) is 17.6 Å². The molecule has 152 valence electrons. The number of amides is 2. The molecule has 4 aromatic rings. The first kappa shape index (κ1) is 19.4. The third-order valence-electron chi connectivity index (χ3n) is 5.41. The van der Waals surface area contributed by atoms with Crippen molar-refractivity contribution in [2.24, 2.45) is 0 Å². The first-order valence-electron chi connectivity index (χ1n) is 10.1. The molecule has 0 atom stereocenters. The Kier molecular flexibility index (Phi) is 4.96. The van der Waals surface area contributed by atoms with E-state index in [4.69, 9.17) is 0 Å². The van der Waals surface area contributed by atoms with E-state index in [9.17, 15) is 9.59 Å². The predicted molar refractivity (Wildman–Crippen MR) is 126 cm³/mol. The summed E-state index contributed by atoms with van der Waals surface area (Å²) in [6.45, 7) is 2.30. The molecule has 0 N–H and O–H groups in total. The molecule has 3 aromatic carbocycles. The van der Waals surface area contributed by atoms with Crippen molar-refractivity contribution in [1.82, 2.24) is 9.47 Å². The van der Waals surface area contributed by atoms with Crippen LogP contribution in [-0.4, -0.2) is 20.6 Å². The highest BCUT2D eigenvalue weighted by molar-refractivity contribution is 8.18. The lowest BCUT2D eigenvalue weighted by molar-refractivity contribution is -0.123. The Balaban J connectivity index is 1.43. The minimum Gasteiger partial charge on any atom is -0.317 e. The molecular formula is C26H20N2O2S. The highest BCUT2D eigenvalue weighted by atomic mass is 32.2. The molecule has 0 spiro atoms. The van der Waals surface area contributed by atoms with Crippen molar-refractivity contribution in [3.63, 3.8) is 0 Å². The molecule has 0 saturated carbocycles. The van der Waals surface area contributed by atoms with Gasteiger partial charge < -0.3 is 4.57 Å². The van der Waals surface area contributed by atoms with Gasteiger partial charge in [-0.2, -0.15) is 0 Å². The molecule has 0 bridgehead atoms.